The predicted octanol–water partition coefficient (Wildman–Crippen LogP) is 5.49. The van der Waals surface area contributed by atoms with Gasteiger partial charge in [0.2, 0.25) is 0 Å². The highest BCUT2D eigenvalue weighted by Crippen LogP contribution is 2.69. The number of carbonyl (C=O) groups excluding carboxylic acids is 1. The van der Waals surface area contributed by atoms with Crippen molar-refractivity contribution in [2.75, 3.05) is 0 Å². The fraction of sp³-hybridized carbons (Fsp3) is 0.967. The lowest BCUT2D eigenvalue weighted by Gasteiger charge is -2.65. The summed E-state index contributed by atoms with van der Waals surface area (Å²) in [7, 11) is 0. The molecule has 4 rings (SSSR count). The summed E-state index contributed by atoms with van der Waals surface area (Å²) in [6.07, 6.45) is 8.29. The Morgan fingerprint density at radius 2 is 1.71 bits per heavy atom. The van der Waals surface area contributed by atoms with Crippen molar-refractivity contribution in [1.82, 2.24) is 0 Å². The van der Waals surface area contributed by atoms with E-state index in [1.807, 2.05) is 13.8 Å². The van der Waals surface area contributed by atoms with Gasteiger partial charge in [-0.3, -0.25) is 4.79 Å². The van der Waals surface area contributed by atoms with Gasteiger partial charge in [-0.2, -0.15) is 0 Å². The normalized spacial score (nSPS) is 47.3. The first-order chi connectivity index (χ1) is 16.2. The van der Waals surface area contributed by atoms with Crippen molar-refractivity contribution in [3.05, 3.63) is 0 Å². The van der Waals surface area contributed by atoms with E-state index >= 15 is 0 Å². The molecule has 5 unspecified atom stereocenters. The van der Waals surface area contributed by atoms with E-state index in [9.17, 15) is 20.1 Å². The maximum atomic E-state index is 11.7. The summed E-state index contributed by atoms with van der Waals surface area (Å²) in [6.45, 7) is 14.9. The summed E-state index contributed by atoms with van der Waals surface area (Å²) >= 11 is 0. The third-order valence-electron chi connectivity index (χ3n) is 12.2. The summed E-state index contributed by atoms with van der Waals surface area (Å²) in [5, 5.41) is 33.2. The lowest BCUT2D eigenvalue weighted by atomic mass is 9.42. The molecule has 0 saturated heterocycles. The van der Waals surface area contributed by atoms with E-state index in [2.05, 4.69) is 27.7 Å². The van der Waals surface area contributed by atoms with Gasteiger partial charge >= 0.3 is 5.97 Å². The van der Waals surface area contributed by atoms with Gasteiger partial charge in [0, 0.05) is 18.8 Å². The van der Waals surface area contributed by atoms with Gasteiger partial charge in [0.25, 0.3) is 0 Å². The summed E-state index contributed by atoms with van der Waals surface area (Å²) in [4.78, 5) is 11.5. The quantitative estimate of drug-likeness (QED) is 0.427. The molecule has 35 heavy (non-hydrogen) atoms. The molecule has 4 saturated carbocycles. The van der Waals surface area contributed by atoms with Crippen LogP contribution in [0.25, 0.3) is 0 Å². The molecule has 0 aromatic rings. The molecule has 5 nitrogen and oxygen atoms in total. The lowest BCUT2D eigenvalue weighted by Crippen LogP contribution is -2.68. The Balaban J connectivity index is 1.46. The topological polar surface area (TPSA) is 87.0 Å². The average Bonchev–Trinajstić information content (AvgIpc) is 3.10. The van der Waals surface area contributed by atoms with Crippen LogP contribution in [0.2, 0.25) is 0 Å². The van der Waals surface area contributed by atoms with Crippen molar-refractivity contribution in [3.8, 4) is 0 Å². The molecular weight excluding hydrogens is 440 g/mol. The summed E-state index contributed by atoms with van der Waals surface area (Å²) in [5.74, 6) is 2.89. The molecule has 4 aliphatic rings. The van der Waals surface area contributed by atoms with Crippen LogP contribution < -0.4 is 0 Å². The third kappa shape index (κ3) is 4.40. The number of fused-ring (bicyclic) bond motifs is 5. The summed E-state index contributed by atoms with van der Waals surface area (Å²) in [5.41, 5.74) is -1.62. The average molecular weight is 493 g/mol. The van der Waals surface area contributed by atoms with Gasteiger partial charge < -0.3 is 20.1 Å². The number of hydrogen-bond acceptors (Lipinski definition) is 5. The molecule has 0 bridgehead atoms. The van der Waals surface area contributed by atoms with Crippen LogP contribution in [-0.4, -0.2) is 44.7 Å². The molecule has 0 aromatic carbocycles. The SMILES string of the molecule is CC(=O)OC(C)(C)C(C)CCC(C)[C@H]1CCC2C3C[C@@H](O)[C@@]4(O)C[C@@H](O)CC[C@]4(C)C3CC[C@@]21C. The highest BCUT2D eigenvalue weighted by atomic mass is 16.6. The Kier molecular flexibility index (Phi) is 7.26. The van der Waals surface area contributed by atoms with Crippen molar-refractivity contribution in [3.63, 3.8) is 0 Å². The van der Waals surface area contributed by atoms with Crippen molar-refractivity contribution in [1.29, 1.82) is 0 Å². The highest BCUT2D eigenvalue weighted by molar-refractivity contribution is 5.66. The molecule has 5 heteroatoms. The van der Waals surface area contributed by atoms with Crippen molar-refractivity contribution in [2.24, 2.45) is 46.3 Å². The Labute approximate surface area is 213 Å². The first kappa shape index (κ1) is 27.4. The Morgan fingerprint density at radius 1 is 1.03 bits per heavy atom. The maximum Gasteiger partial charge on any atom is 0.303 e. The predicted molar refractivity (Wildman–Crippen MR) is 137 cm³/mol. The van der Waals surface area contributed by atoms with Gasteiger partial charge in [0.15, 0.2) is 0 Å². The molecule has 0 radical (unpaired) electrons. The molecule has 0 aromatic heterocycles. The molecule has 4 aliphatic carbocycles. The van der Waals surface area contributed by atoms with E-state index in [1.54, 1.807) is 0 Å². The lowest BCUT2D eigenvalue weighted by molar-refractivity contribution is -0.264. The fourth-order valence-corrected chi connectivity index (χ4v) is 9.77. The van der Waals surface area contributed by atoms with Gasteiger partial charge in [-0.05, 0) is 106 Å². The Morgan fingerprint density at radius 3 is 2.37 bits per heavy atom. The standard InChI is InChI=1S/C30H52O5/c1-18(8-9-19(2)27(4,5)35-20(3)31)23-10-11-24-22-16-26(33)30(34)17-21(32)12-15-29(30,7)25(22)13-14-28(23,24)6/h18-19,21-26,32-34H,8-17H2,1-7H3/t18?,19?,21-,22?,23+,24?,25?,26+,28+,29+,30-/m0/s1. The molecule has 3 N–H and O–H groups in total. The van der Waals surface area contributed by atoms with E-state index in [0.717, 1.165) is 32.1 Å². The van der Waals surface area contributed by atoms with Gasteiger partial charge in [0.1, 0.15) is 5.60 Å². The van der Waals surface area contributed by atoms with Gasteiger partial charge in [-0.1, -0.05) is 34.1 Å². The van der Waals surface area contributed by atoms with Crippen LogP contribution in [0.3, 0.4) is 0 Å². The molecule has 0 aliphatic heterocycles. The van der Waals surface area contributed by atoms with Gasteiger partial charge in [-0.15, -0.1) is 0 Å². The minimum absolute atomic E-state index is 0.208. The van der Waals surface area contributed by atoms with E-state index < -0.39 is 23.4 Å². The second-order valence-electron chi connectivity index (χ2n) is 14.2. The third-order valence-corrected chi connectivity index (χ3v) is 12.2. The number of carbonyl (C=O) groups is 1. The van der Waals surface area contributed by atoms with Crippen LogP contribution in [0, 0.1) is 46.3 Å². The Bertz CT molecular complexity index is 796. The molecule has 11 atom stereocenters. The van der Waals surface area contributed by atoms with Crippen LogP contribution in [0.1, 0.15) is 113 Å². The molecule has 4 fully saturated rings. The van der Waals surface area contributed by atoms with E-state index in [1.165, 1.54) is 26.2 Å². The first-order valence-corrected chi connectivity index (χ1v) is 14.4. The second-order valence-corrected chi connectivity index (χ2v) is 14.2. The molecule has 0 amide bonds. The summed E-state index contributed by atoms with van der Waals surface area (Å²) in [6, 6.07) is 0. The van der Waals surface area contributed by atoms with Gasteiger partial charge in [0.05, 0.1) is 17.8 Å². The van der Waals surface area contributed by atoms with Crippen LogP contribution in [0.4, 0.5) is 0 Å². The van der Waals surface area contributed by atoms with E-state index in [0.29, 0.717) is 48.3 Å². The highest BCUT2D eigenvalue weighted by Gasteiger charge is 2.67. The molecular formula is C30H52O5. The zero-order valence-corrected chi connectivity index (χ0v) is 23.3. The van der Waals surface area contributed by atoms with E-state index in [-0.39, 0.29) is 16.8 Å². The minimum atomic E-state index is -1.16. The van der Waals surface area contributed by atoms with Crippen molar-refractivity contribution >= 4 is 5.97 Å². The van der Waals surface area contributed by atoms with Crippen LogP contribution >= 0.6 is 0 Å². The number of aliphatic hydroxyl groups is 3. The smallest absolute Gasteiger partial charge is 0.303 e. The van der Waals surface area contributed by atoms with Crippen LogP contribution in [0.15, 0.2) is 0 Å². The van der Waals surface area contributed by atoms with Crippen molar-refractivity contribution < 1.29 is 24.9 Å². The number of aliphatic hydroxyl groups excluding tert-OH is 2. The molecule has 0 spiro atoms. The number of ether oxygens (including phenoxy) is 1. The first-order valence-electron chi connectivity index (χ1n) is 14.4. The summed E-state index contributed by atoms with van der Waals surface area (Å²) < 4.78 is 5.60. The van der Waals surface area contributed by atoms with E-state index in [4.69, 9.17) is 4.74 Å². The zero-order chi connectivity index (χ0) is 26.0. The largest absolute Gasteiger partial charge is 0.460 e. The number of rotatable bonds is 6. The van der Waals surface area contributed by atoms with Crippen molar-refractivity contribution in [2.45, 2.75) is 136 Å². The fourth-order valence-electron chi connectivity index (χ4n) is 9.77. The molecule has 0 heterocycles. The maximum absolute atomic E-state index is 11.7. The molecule has 202 valence electrons. The van der Waals surface area contributed by atoms with Crippen LogP contribution in [-0.2, 0) is 9.53 Å². The Hall–Kier alpha value is -0.650. The number of esters is 1. The van der Waals surface area contributed by atoms with Gasteiger partial charge in [-0.25, -0.2) is 0 Å². The number of hydrogen-bond donors (Lipinski definition) is 3. The second kappa shape index (κ2) is 9.27. The monoisotopic (exact) mass is 492 g/mol. The minimum Gasteiger partial charge on any atom is -0.460 e. The zero-order valence-electron chi connectivity index (χ0n) is 23.3. The van der Waals surface area contributed by atoms with Crippen LogP contribution in [0.5, 0.6) is 0 Å².